The summed E-state index contributed by atoms with van der Waals surface area (Å²) in [5, 5.41) is 0. The summed E-state index contributed by atoms with van der Waals surface area (Å²) in [6, 6.07) is 4.97. The van der Waals surface area contributed by atoms with E-state index in [2.05, 4.69) is 0 Å². The van der Waals surface area contributed by atoms with Crippen LogP contribution in [0.4, 0.5) is 0 Å². The number of methoxy groups -OCH3 is 2. The molecule has 0 aromatic heterocycles. The first kappa shape index (κ1) is 20.0. The van der Waals surface area contributed by atoms with Crippen LogP contribution in [-0.2, 0) is 25.4 Å². The minimum absolute atomic E-state index is 0.285. The van der Waals surface area contributed by atoms with Crippen molar-refractivity contribution in [1.82, 2.24) is 0 Å². The van der Waals surface area contributed by atoms with E-state index in [4.69, 9.17) is 18.9 Å². The molecule has 1 aromatic rings. The number of carbonyl (C=O) groups is 2. The fraction of sp³-hybridized carbons (Fsp3) is 0.556. The molecule has 0 aliphatic rings. The molecule has 0 N–H and O–H groups in total. The molecule has 0 aliphatic carbocycles. The maximum Gasteiger partial charge on any atom is 0.338 e. The van der Waals surface area contributed by atoms with Crippen LogP contribution >= 0.6 is 0 Å². The van der Waals surface area contributed by atoms with Crippen molar-refractivity contribution in [2.24, 2.45) is 0 Å². The van der Waals surface area contributed by atoms with E-state index in [1.807, 2.05) is 0 Å². The molecule has 1 rings (SSSR count). The minimum atomic E-state index is -0.730. The van der Waals surface area contributed by atoms with Crippen LogP contribution in [0, 0.1) is 0 Å². The van der Waals surface area contributed by atoms with E-state index in [0.29, 0.717) is 11.3 Å². The summed E-state index contributed by atoms with van der Waals surface area (Å²) in [6.07, 6.45) is -0.446. The molecule has 0 aliphatic heterocycles. The van der Waals surface area contributed by atoms with E-state index < -0.39 is 23.6 Å². The number of rotatable bonds is 7. The Morgan fingerprint density at radius 3 is 2.33 bits per heavy atom. The number of carbonyl (C=O) groups excluding carboxylic acids is 2. The topological polar surface area (TPSA) is 71.1 Å². The summed E-state index contributed by atoms with van der Waals surface area (Å²) in [4.78, 5) is 24.0. The van der Waals surface area contributed by atoms with Gasteiger partial charge >= 0.3 is 11.9 Å². The normalized spacial score (nSPS) is 12.4. The van der Waals surface area contributed by atoms with E-state index in [9.17, 15) is 9.59 Å². The zero-order valence-corrected chi connectivity index (χ0v) is 15.2. The van der Waals surface area contributed by atoms with Gasteiger partial charge in [-0.25, -0.2) is 9.59 Å². The SMILES string of the molecule is CCOC(=O)[C@H](Cc1ccc(C(=O)OC(C)(C)C)cc1OC)OC. The maximum absolute atomic E-state index is 12.1. The first-order valence-corrected chi connectivity index (χ1v) is 7.81. The van der Waals surface area contributed by atoms with Gasteiger partial charge in [-0.1, -0.05) is 6.07 Å². The molecule has 0 fully saturated rings. The molecule has 1 aromatic carbocycles. The monoisotopic (exact) mass is 338 g/mol. The van der Waals surface area contributed by atoms with E-state index in [-0.39, 0.29) is 13.0 Å². The summed E-state index contributed by atoms with van der Waals surface area (Å²) in [5.41, 5.74) is 0.550. The number of ether oxygens (including phenoxy) is 4. The molecule has 0 unspecified atom stereocenters. The molecule has 134 valence electrons. The Kier molecular flexibility index (Phi) is 7.22. The number of benzene rings is 1. The molecule has 0 radical (unpaired) electrons. The van der Waals surface area contributed by atoms with Gasteiger partial charge in [0.1, 0.15) is 11.4 Å². The van der Waals surface area contributed by atoms with Gasteiger partial charge in [-0.05, 0) is 45.4 Å². The largest absolute Gasteiger partial charge is 0.496 e. The van der Waals surface area contributed by atoms with Crippen LogP contribution in [0.5, 0.6) is 5.75 Å². The highest BCUT2D eigenvalue weighted by atomic mass is 16.6. The van der Waals surface area contributed by atoms with Crippen molar-refractivity contribution in [1.29, 1.82) is 0 Å². The minimum Gasteiger partial charge on any atom is -0.496 e. The van der Waals surface area contributed by atoms with E-state index in [0.717, 1.165) is 5.56 Å². The van der Waals surface area contributed by atoms with Gasteiger partial charge in [0.15, 0.2) is 6.10 Å². The molecule has 0 saturated heterocycles. The lowest BCUT2D eigenvalue weighted by Gasteiger charge is -2.20. The van der Waals surface area contributed by atoms with Crippen molar-refractivity contribution in [2.45, 2.75) is 45.8 Å². The van der Waals surface area contributed by atoms with Crippen LogP contribution in [0.25, 0.3) is 0 Å². The zero-order chi connectivity index (χ0) is 18.3. The fourth-order valence-electron chi connectivity index (χ4n) is 2.08. The molecule has 0 bridgehead atoms. The van der Waals surface area contributed by atoms with Crippen molar-refractivity contribution in [3.63, 3.8) is 0 Å². The van der Waals surface area contributed by atoms with Crippen LogP contribution in [0.1, 0.15) is 43.6 Å². The predicted octanol–water partition coefficient (Wildman–Crippen LogP) is 2.77. The summed E-state index contributed by atoms with van der Waals surface area (Å²) in [7, 11) is 2.95. The van der Waals surface area contributed by atoms with Gasteiger partial charge in [0.25, 0.3) is 0 Å². The Bertz CT molecular complexity index is 573. The quantitative estimate of drug-likeness (QED) is 0.712. The lowest BCUT2D eigenvalue weighted by molar-refractivity contribution is -0.154. The average molecular weight is 338 g/mol. The number of hydrogen-bond donors (Lipinski definition) is 0. The van der Waals surface area contributed by atoms with Gasteiger partial charge < -0.3 is 18.9 Å². The third kappa shape index (κ3) is 5.85. The van der Waals surface area contributed by atoms with Crippen LogP contribution in [-0.4, -0.2) is 44.5 Å². The second kappa shape index (κ2) is 8.68. The van der Waals surface area contributed by atoms with Crippen molar-refractivity contribution in [2.75, 3.05) is 20.8 Å². The second-order valence-corrected chi connectivity index (χ2v) is 6.21. The van der Waals surface area contributed by atoms with Crippen molar-refractivity contribution in [3.05, 3.63) is 29.3 Å². The lowest BCUT2D eigenvalue weighted by atomic mass is 10.0. The van der Waals surface area contributed by atoms with Gasteiger partial charge in [0, 0.05) is 13.5 Å². The maximum atomic E-state index is 12.1. The highest BCUT2D eigenvalue weighted by Gasteiger charge is 2.23. The first-order chi connectivity index (χ1) is 11.2. The van der Waals surface area contributed by atoms with Crippen molar-refractivity contribution < 1.29 is 28.5 Å². The van der Waals surface area contributed by atoms with Gasteiger partial charge in [-0.15, -0.1) is 0 Å². The summed E-state index contributed by atoms with van der Waals surface area (Å²) in [5.74, 6) is -0.371. The Hall–Kier alpha value is -2.08. The molecule has 0 saturated carbocycles. The summed E-state index contributed by atoms with van der Waals surface area (Å²) in [6.45, 7) is 7.44. The van der Waals surface area contributed by atoms with Crippen molar-refractivity contribution >= 4 is 11.9 Å². The van der Waals surface area contributed by atoms with Crippen molar-refractivity contribution in [3.8, 4) is 5.75 Å². The van der Waals surface area contributed by atoms with E-state index in [1.165, 1.54) is 14.2 Å². The molecule has 6 nitrogen and oxygen atoms in total. The van der Waals surface area contributed by atoms with E-state index >= 15 is 0 Å². The smallest absolute Gasteiger partial charge is 0.338 e. The third-order valence-corrected chi connectivity index (χ3v) is 3.16. The lowest BCUT2D eigenvalue weighted by Crippen LogP contribution is -2.28. The molecule has 0 amide bonds. The molecule has 6 heteroatoms. The standard InChI is InChI=1S/C18H26O6/c1-7-23-17(20)15(22-6)10-12-8-9-13(11-14(12)21-5)16(19)24-18(2,3)4/h8-9,11,15H,7,10H2,1-6H3/t15-/m0/s1. The van der Waals surface area contributed by atoms with Crippen LogP contribution in [0.2, 0.25) is 0 Å². The summed E-state index contributed by atoms with van der Waals surface area (Å²) < 4.78 is 20.8. The molecule has 0 spiro atoms. The van der Waals surface area contributed by atoms with E-state index in [1.54, 1.807) is 45.9 Å². The highest BCUT2D eigenvalue weighted by Crippen LogP contribution is 2.24. The average Bonchev–Trinajstić information content (AvgIpc) is 2.51. The zero-order valence-electron chi connectivity index (χ0n) is 15.2. The van der Waals surface area contributed by atoms with Gasteiger partial charge in [0.2, 0.25) is 0 Å². The Morgan fingerprint density at radius 1 is 1.17 bits per heavy atom. The third-order valence-electron chi connectivity index (χ3n) is 3.16. The molecular weight excluding hydrogens is 312 g/mol. The van der Waals surface area contributed by atoms with Crippen LogP contribution < -0.4 is 4.74 Å². The predicted molar refractivity (Wildman–Crippen MR) is 89.3 cm³/mol. The first-order valence-electron chi connectivity index (χ1n) is 7.81. The Morgan fingerprint density at radius 2 is 1.83 bits per heavy atom. The molecule has 24 heavy (non-hydrogen) atoms. The highest BCUT2D eigenvalue weighted by molar-refractivity contribution is 5.90. The molecule has 1 atom stereocenters. The number of hydrogen-bond acceptors (Lipinski definition) is 6. The van der Waals surface area contributed by atoms with Crippen LogP contribution in [0.15, 0.2) is 18.2 Å². The molecule has 0 heterocycles. The summed E-state index contributed by atoms with van der Waals surface area (Å²) >= 11 is 0. The van der Waals surface area contributed by atoms with Gasteiger partial charge in [-0.3, -0.25) is 0 Å². The van der Waals surface area contributed by atoms with Gasteiger partial charge in [-0.2, -0.15) is 0 Å². The Balaban J connectivity index is 2.98. The second-order valence-electron chi connectivity index (χ2n) is 6.21. The van der Waals surface area contributed by atoms with Crippen LogP contribution in [0.3, 0.4) is 0 Å². The Labute approximate surface area is 143 Å². The number of esters is 2. The fourth-order valence-corrected chi connectivity index (χ4v) is 2.08. The van der Waals surface area contributed by atoms with Gasteiger partial charge in [0.05, 0.1) is 19.3 Å². The molecular formula is C18H26O6.